The second kappa shape index (κ2) is 5.73. The highest BCUT2D eigenvalue weighted by molar-refractivity contribution is 5.91. The van der Waals surface area contributed by atoms with Crippen LogP contribution in [0, 0.1) is 13.8 Å². The minimum atomic E-state index is -0.123. The summed E-state index contributed by atoms with van der Waals surface area (Å²) in [4.78, 5) is 26.0. The molecule has 0 aliphatic rings. The molecule has 0 bridgehead atoms. The van der Waals surface area contributed by atoms with Gasteiger partial charge in [-0.05, 0) is 38.5 Å². The van der Waals surface area contributed by atoms with Gasteiger partial charge >= 0.3 is 0 Å². The summed E-state index contributed by atoms with van der Waals surface area (Å²) in [5.41, 5.74) is 4.04. The van der Waals surface area contributed by atoms with Crippen LogP contribution in [-0.4, -0.2) is 34.2 Å². The Bertz CT molecular complexity index is 1380. The Kier molecular flexibility index (Phi) is 3.33. The van der Waals surface area contributed by atoms with Crippen molar-refractivity contribution in [2.45, 2.75) is 26.7 Å². The fourth-order valence-electron chi connectivity index (χ4n) is 3.40. The molecule has 0 amide bonds. The zero-order valence-corrected chi connectivity index (χ0v) is 15.0. The Morgan fingerprint density at radius 2 is 1.89 bits per heavy atom. The molecule has 4 heterocycles. The largest absolute Gasteiger partial charge is 0.289 e. The van der Waals surface area contributed by atoms with Crippen LogP contribution in [0.3, 0.4) is 0 Å². The van der Waals surface area contributed by atoms with Crippen molar-refractivity contribution in [1.29, 1.82) is 0 Å². The number of para-hydroxylation sites is 1. The number of H-pyrrole nitrogens is 1. The minimum absolute atomic E-state index is 0.123. The predicted molar refractivity (Wildman–Crippen MR) is 101 cm³/mol. The number of aromatic amines is 1. The lowest BCUT2D eigenvalue weighted by atomic mass is 10.2. The Hall–Kier alpha value is -3.55. The van der Waals surface area contributed by atoms with Crippen LogP contribution >= 0.6 is 0 Å². The van der Waals surface area contributed by atoms with Crippen molar-refractivity contribution >= 4 is 22.3 Å². The van der Waals surface area contributed by atoms with Crippen molar-refractivity contribution in [1.82, 2.24) is 34.2 Å². The molecular formula is C19H17N7O. The van der Waals surface area contributed by atoms with E-state index in [-0.39, 0.29) is 5.56 Å². The normalized spacial score (nSPS) is 11.8. The lowest BCUT2D eigenvalue weighted by molar-refractivity contribution is 0.798. The quantitative estimate of drug-likeness (QED) is 0.532. The number of nitrogens with one attached hydrogen (secondary N) is 1. The van der Waals surface area contributed by atoms with E-state index in [4.69, 9.17) is 0 Å². The maximum Gasteiger partial charge on any atom is 0.272 e. The number of hydrogen-bond donors (Lipinski definition) is 1. The molecule has 0 radical (unpaired) electrons. The lowest BCUT2D eigenvalue weighted by Gasteiger charge is -1.99. The van der Waals surface area contributed by atoms with Gasteiger partial charge in [0.2, 0.25) is 0 Å². The Morgan fingerprint density at radius 1 is 1.04 bits per heavy atom. The summed E-state index contributed by atoms with van der Waals surface area (Å²) >= 11 is 0. The summed E-state index contributed by atoms with van der Waals surface area (Å²) in [6, 6.07) is 11.3. The third kappa shape index (κ3) is 2.57. The third-order valence-corrected chi connectivity index (χ3v) is 4.64. The average Bonchev–Trinajstić information content (AvgIpc) is 3.22. The van der Waals surface area contributed by atoms with E-state index in [1.54, 1.807) is 10.6 Å². The summed E-state index contributed by atoms with van der Waals surface area (Å²) < 4.78 is 3.22. The smallest absolute Gasteiger partial charge is 0.272 e. The molecule has 134 valence electrons. The highest BCUT2D eigenvalue weighted by Gasteiger charge is 2.11. The van der Waals surface area contributed by atoms with Gasteiger partial charge < -0.3 is 0 Å². The van der Waals surface area contributed by atoms with Gasteiger partial charge in [0.25, 0.3) is 11.3 Å². The van der Waals surface area contributed by atoms with E-state index in [2.05, 4.69) is 25.1 Å². The maximum absolute atomic E-state index is 12.4. The molecule has 5 rings (SSSR count). The topological polar surface area (TPSA) is 93.2 Å². The van der Waals surface area contributed by atoms with Gasteiger partial charge in [0.15, 0.2) is 11.5 Å². The van der Waals surface area contributed by atoms with Crippen LogP contribution in [0.4, 0.5) is 0 Å². The Labute approximate surface area is 153 Å². The van der Waals surface area contributed by atoms with Crippen LogP contribution in [0.1, 0.15) is 22.9 Å². The van der Waals surface area contributed by atoms with Crippen molar-refractivity contribution in [3.8, 4) is 0 Å². The molecule has 0 fully saturated rings. The van der Waals surface area contributed by atoms with Gasteiger partial charge in [-0.3, -0.25) is 9.89 Å². The minimum Gasteiger partial charge on any atom is -0.289 e. The summed E-state index contributed by atoms with van der Waals surface area (Å²) in [5.74, 6) is 1.29. The monoisotopic (exact) mass is 359 g/mol. The number of nitrogens with zero attached hydrogens (tertiary/aromatic N) is 6. The molecule has 1 N–H and O–H groups in total. The predicted octanol–water partition coefficient (Wildman–Crippen LogP) is 2.02. The van der Waals surface area contributed by atoms with Crippen molar-refractivity contribution in [3.63, 3.8) is 0 Å². The van der Waals surface area contributed by atoms with Gasteiger partial charge in [-0.15, -0.1) is 5.10 Å². The second-order valence-electron chi connectivity index (χ2n) is 6.68. The first-order valence-corrected chi connectivity index (χ1v) is 8.78. The van der Waals surface area contributed by atoms with Crippen LogP contribution in [0.25, 0.3) is 22.3 Å². The van der Waals surface area contributed by atoms with Gasteiger partial charge in [-0.1, -0.05) is 12.1 Å². The molecule has 0 saturated carbocycles. The molecule has 8 heteroatoms. The Balaban J connectivity index is 1.50. The van der Waals surface area contributed by atoms with Crippen LogP contribution in [0.15, 0.2) is 41.2 Å². The highest BCUT2D eigenvalue weighted by Crippen LogP contribution is 2.16. The number of rotatable bonds is 3. The highest BCUT2D eigenvalue weighted by atomic mass is 16.1. The summed E-state index contributed by atoms with van der Waals surface area (Å²) in [6.45, 7) is 3.92. The van der Waals surface area contributed by atoms with Crippen LogP contribution in [0.2, 0.25) is 0 Å². The number of benzene rings is 1. The van der Waals surface area contributed by atoms with E-state index < -0.39 is 0 Å². The number of hydrogen-bond acceptors (Lipinski definition) is 5. The van der Waals surface area contributed by atoms with E-state index >= 15 is 0 Å². The first-order valence-electron chi connectivity index (χ1n) is 8.78. The fraction of sp³-hybridized carbons (Fsp3) is 0.211. The zero-order chi connectivity index (χ0) is 18.5. The van der Waals surface area contributed by atoms with E-state index in [1.807, 2.05) is 44.2 Å². The standard InChI is InChI=1S/C19H17N7O/c1-11-9-12(2)25-19(20-11)22-16(24-25)8-7-13-10-17(27)26-18(21-13)14-5-3-4-6-15(14)23-26/h3-6,9-10,23H,7-8H2,1-2H3. The van der Waals surface area contributed by atoms with Crippen molar-refractivity contribution in [2.75, 3.05) is 0 Å². The molecule has 5 aromatic rings. The average molecular weight is 359 g/mol. The van der Waals surface area contributed by atoms with E-state index in [9.17, 15) is 4.79 Å². The zero-order valence-electron chi connectivity index (χ0n) is 15.0. The van der Waals surface area contributed by atoms with Crippen molar-refractivity contribution in [3.05, 3.63) is 69.7 Å². The van der Waals surface area contributed by atoms with E-state index in [0.717, 1.165) is 28.0 Å². The van der Waals surface area contributed by atoms with Gasteiger partial charge in [-0.25, -0.2) is 19.0 Å². The van der Waals surface area contributed by atoms with Gasteiger partial charge in [0, 0.05) is 35.0 Å². The third-order valence-electron chi connectivity index (χ3n) is 4.64. The molecule has 1 aromatic carbocycles. The summed E-state index contributed by atoms with van der Waals surface area (Å²) in [6.07, 6.45) is 1.17. The maximum atomic E-state index is 12.4. The van der Waals surface area contributed by atoms with Gasteiger partial charge in [0.05, 0.1) is 5.52 Å². The number of aromatic nitrogens is 7. The molecule has 4 aromatic heterocycles. The first kappa shape index (κ1) is 15.7. The van der Waals surface area contributed by atoms with Crippen LogP contribution < -0.4 is 5.56 Å². The number of aryl methyl sites for hydroxylation is 4. The molecule has 0 aliphatic carbocycles. The van der Waals surface area contributed by atoms with Crippen LogP contribution in [0.5, 0.6) is 0 Å². The molecule has 0 unspecified atom stereocenters. The van der Waals surface area contributed by atoms with Gasteiger partial charge in [-0.2, -0.15) is 4.98 Å². The van der Waals surface area contributed by atoms with Crippen molar-refractivity contribution < 1.29 is 0 Å². The molecular weight excluding hydrogens is 342 g/mol. The SMILES string of the molecule is Cc1cc(C)n2nc(CCc3cc(=O)n4[nH]c5ccccc5c4n3)nc2n1. The van der Waals surface area contributed by atoms with E-state index in [1.165, 1.54) is 4.52 Å². The van der Waals surface area contributed by atoms with E-state index in [0.29, 0.717) is 30.1 Å². The summed E-state index contributed by atoms with van der Waals surface area (Å²) in [5, 5.41) is 8.53. The van der Waals surface area contributed by atoms with Crippen LogP contribution in [-0.2, 0) is 12.8 Å². The fourth-order valence-corrected chi connectivity index (χ4v) is 3.40. The molecule has 27 heavy (non-hydrogen) atoms. The molecule has 8 nitrogen and oxygen atoms in total. The van der Waals surface area contributed by atoms with Crippen molar-refractivity contribution in [2.24, 2.45) is 0 Å². The lowest BCUT2D eigenvalue weighted by Crippen LogP contribution is -2.15. The first-order chi connectivity index (χ1) is 13.1. The molecule has 0 saturated heterocycles. The molecule has 0 spiro atoms. The second-order valence-corrected chi connectivity index (χ2v) is 6.68. The Morgan fingerprint density at radius 3 is 2.78 bits per heavy atom. The van der Waals surface area contributed by atoms with Gasteiger partial charge in [0.1, 0.15) is 0 Å². The molecule has 0 aliphatic heterocycles. The number of fused-ring (bicyclic) bond motifs is 4. The molecule has 0 atom stereocenters. The summed E-state index contributed by atoms with van der Waals surface area (Å²) in [7, 11) is 0.